The van der Waals surface area contributed by atoms with Crippen molar-refractivity contribution in [2.75, 3.05) is 0 Å². The van der Waals surface area contributed by atoms with Crippen molar-refractivity contribution in [3.05, 3.63) is 50.7 Å². The molecule has 1 aromatic rings. The quantitative estimate of drug-likeness (QED) is 0.411. The highest BCUT2D eigenvalue weighted by Crippen LogP contribution is 2.31. The van der Waals surface area contributed by atoms with Crippen LogP contribution in [0.4, 0.5) is 0 Å². The zero-order valence-electron chi connectivity index (χ0n) is 8.81. The molecule has 0 aliphatic carbocycles. The van der Waals surface area contributed by atoms with Crippen molar-refractivity contribution in [3.63, 3.8) is 0 Å². The summed E-state index contributed by atoms with van der Waals surface area (Å²) in [5.41, 5.74) is 2.80. The molecule has 1 aliphatic rings. The molecular formula is C11H9NO4. The molecule has 0 saturated carbocycles. The maximum Gasteiger partial charge on any atom is 0.344 e. The van der Waals surface area contributed by atoms with E-state index in [0.29, 0.717) is 17.3 Å². The summed E-state index contributed by atoms with van der Waals surface area (Å²) < 4.78 is 4.83. The lowest BCUT2D eigenvalue weighted by molar-refractivity contribution is -0.402. The first-order valence-electron chi connectivity index (χ1n) is 4.68. The van der Waals surface area contributed by atoms with Gasteiger partial charge in [-0.1, -0.05) is 0 Å². The normalized spacial score (nSPS) is 16.1. The number of carbonyl (C=O) groups excluding carboxylic acids is 1. The molecule has 0 spiro atoms. The Morgan fingerprint density at radius 2 is 1.81 bits per heavy atom. The Morgan fingerprint density at radius 3 is 2.38 bits per heavy atom. The second-order valence-corrected chi connectivity index (χ2v) is 3.65. The molecule has 0 bridgehead atoms. The van der Waals surface area contributed by atoms with E-state index in [9.17, 15) is 14.9 Å². The predicted molar refractivity (Wildman–Crippen MR) is 56.3 cm³/mol. The molecule has 0 radical (unpaired) electrons. The van der Waals surface area contributed by atoms with E-state index in [4.69, 9.17) is 4.74 Å². The van der Waals surface area contributed by atoms with Crippen LogP contribution in [0.5, 0.6) is 0 Å². The van der Waals surface area contributed by atoms with E-state index in [1.165, 1.54) is 0 Å². The average molecular weight is 219 g/mol. The Kier molecular flexibility index (Phi) is 2.23. The van der Waals surface area contributed by atoms with Gasteiger partial charge in [0.25, 0.3) is 6.20 Å². The molecule has 0 fully saturated rings. The number of aryl methyl sites for hydroxylation is 2. The molecule has 0 N–H and O–H groups in total. The molecule has 1 aliphatic heterocycles. The Bertz CT molecular complexity index is 531. The van der Waals surface area contributed by atoms with Gasteiger partial charge in [-0.3, -0.25) is 10.1 Å². The van der Waals surface area contributed by atoms with Crippen LogP contribution in [0.15, 0.2) is 18.3 Å². The monoisotopic (exact) mass is 219 g/mol. The highest BCUT2D eigenvalue weighted by molar-refractivity contribution is 6.03. The van der Waals surface area contributed by atoms with Gasteiger partial charge in [-0.05, 0) is 37.1 Å². The molecule has 82 valence electrons. The first-order valence-corrected chi connectivity index (χ1v) is 4.68. The third-order valence-corrected chi connectivity index (χ3v) is 2.54. The molecule has 5 nitrogen and oxygen atoms in total. The minimum atomic E-state index is -0.632. The van der Waals surface area contributed by atoms with Gasteiger partial charge in [-0.15, -0.1) is 0 Å². The summed E-state index contributed by atoms with van der Waals surface area (Å²) >= 11 is 0. The molecule has 1 heterocycles. The summed E-state index contributed by atoms with van der Waals surface area (Å²) in [7, 11) is 0. The Morgan fingerprint density at radius 1 is 1.25 bits per heavy atom. The molecule has 0 aromatic heterocycles. The highest BCUT2D eigenvalue weighted by atomic mass is 16.6. The maximum absolute atomic E-state index is 11.4. The number of nitrogens with zero attached hydrogens (tertiary/aromatic N) is 1. The molecule has 1 aromatic carbocycles. The minimum absolute atomic E-state index is 0.00750. The lowest BCUT2D eigenvalue weighted by Gasteiger charge is -2.01. The van der Waals surface area contributed by atoms with Crippen LogP contribution >= 0.6 is 0 Å². The summed E-state index contributed by atoms with van der Waals surface area (Å²) in [6.45, 7) is 3.75. The Hall–Kier alpha value is -2.17. The van der Waals surface area contributed by atoms with Gasteiger partial charge >= 0.3 is 5.97 Å². The van der Waals surface area contributed by atoms with Crippen LogP contribution in [0.3, 0.4) is 0 Å². The number of nitro groups is 1. The third-order valence-electron chi connectivity index (χ3n) is 2.54. The van der Waals surface area contributed by atoms with Gasteiger partial charge in [0.15, 0.2) is 0 Å². The van der Waals surface area contributed by atoms with Crippen LogP contribution in [0, 0.1) is 24.0 Å². The van der Waals surface area contributed by atoms with Crippen LogP contribution in [0.25, 0.3) is 5.76 Å². The van der Waals surface area contributed by atoms with Crippen molar-refractivity contribution in [2.45, 2.75) is 13.8 Å². The van der Waals surface area contributed by atoms with Gasteiger partial charge in [0.05, 0.1) is 10.5 Å². The molecule has 16 heavy (non-hydrogen) atoms. The summed E-state index contributed by atoms with van der Waals surface area (Å²) in [5, 5.41) is 10.4. The van der Waals surface area contributed by atoms with Crippen LogP contribution in [0.1, 0.15) is 27.0 Å². The van der Waals surface area contributed by atoms with Crippen LogP contribution in [0.2, 0.25) is 0 Å². The molecule has 0 saturated heterocycles. The number of fused-ring (bicyclic) bond motifs is 1. The lowest BCUT2D eigenvalue weighted by Crippen LogP contribution is -1.94. The predicted octanol–water partition coefficient (Wildman–Crippen LogP) is 2.05. The number of rotatable bonds is 1. The topological polar surface area (TPSA) is 69.4 Å². The van der Waals surface area contributed by atoms with Crippen molar-refractivity contribution in [2.24, 2.45) is 0 Å². The fourth-order valence-electron chi connectivity index (χ4n) is 1.59. The Balaban J connectivity index is 2.62. The van der Waals surface area contributed by atoms with Gasteiger partial charge in [0.2, 0.25) is 5.76 Å². The van der Waals surface area contributed by atoms with Crippen LogP contribution in [-0.2, 0) is 4.74 Å². The lowest BCUT2D eigenvalue weighted by atomic mass is 10.0. The fraction of sp³-hybridized carbons (Fsp3) is 0.182. The van der Waals surface area contributed by atoms with Gasteiger partial charge in [-0.2, -0.15) is 0 Å². The van der Waals surface area contributed by atoms with Crippen molar-refractivity contribution < 1.29 is 14.5 Å². The highest BCUT2D eigenvalue weighted by Gasteiger charge is 2.29. The number of hydrogen-bond acceptors (Lipinski definition) is 4. The third kappa shape index (κ3) is 1.56. The molecule has 5 heteroatoms. The first-order chi connectivity index (χ1) is 7.49. The maximum atomic E-state index is 11.4. The van der Waals surface area contributed by atoms with Gasteiger partial charge in [0, 0.05) is 5.56 Å². The van der Waals surface area contributed by atoms with Gasteiger partial charge < -0.3 is 4.74 Å². The average Bonchev–Trinajstić information content (AvgIpc) is 2.44. The van der Waals surface area contributed by atoms with Crippen LogP contribution in [-0.4, -0.2) is 10.9 Å². The van der Waals surface area contributed by atoms with E-state index in [0.717, 1.165) is 11.1 Å². The van der Waals surface area contributed by atoms with Crippen molar-refractivity contribution in [3.8, 4) is 0 Å². The number of benzene rings is 1. The number of carbonyl (C=O) groups is 1. The summed E-state index contributed by atoms with van der Waals surface area (Å²) in [6, 6.07) is 3.42. The van der Waals surface area contributed by atoms with E-state index < -0.39 is 10.9 Å². The second kappa shape index (κ2) is 3.44. The van der Waals surface area contributed by atoms with Crippen LogP contribution < -0.4 is 0 Å². The molecular weight excluding hydrogens is 210 g/mol. The number of esters is 1. The molecule has 0 amide bonds. The van der Waals surface area contributed by atoms with Gasteiger partial charge in [-0.25, -0.2) is 4.79 Å². The van der Waals surface area contributed by atoms with Crippen molar-refractivity contribution in [1.82, 2.24) is 0 Å². The minimum Gasteiger partial charge on any atom is -0.416 e. The van der Waals surface area contributed by atoms with Crippen molar-refractivity contribution in [1.29, 1.82) is 0 Å². The zero-order chi connectivity index (χ0) is 11.9. The van der Waals surface area contributed by atoms with Crippen molar-refractivity contribution >= 4 is 11.7 Å². The number of ether oxygens (including phenoxy) is 1. The number of cyclic esters (lactones) is 1. The summed E-state index contributed by atoms with van der Waals surface area (Å²) in [6.07, 6.45) is 0.707. The second-order valence-electron chi connectivity index (χ2n) is 3.65. The fourth-order valence-corrected chi connectivity index (χ4v) is 1.59. The van der Waals surface area contributed by atoms with E-state index in [2.05, 4.69) is 0 Å². The smallest absolute Gasteiger partial charge is 0.344 e. The van der Waals surface area contributed by atoms with E-state index in [-0.39, 0.29) is 5.76 Å². The molecule has 0 atom stereocenters. The van der Waals surface area contributed by atoms with E-state index in [1.54, 1.807) is 12.1 Å². The first kappa shape index (κ1) is 10.4. The Labute approximate surface area is 91.5 Å². The summed E-state index contributed by atoms with van der Waals surface area (Å²) in [4.78, 5) is 21.2. The standard InChI is InChI=1S/C11H9NO4/c1-6-3-8-9(4-7(6)2)11(13)16-10(8)5-12(14)15/h3-5H,1-2H3/b10-5-. The van der Waals surface area contributed by atoms with E-state index in [1.807, 2.05) is 13.8 Å². The zero-order valence-corrected chi connectivity index (χ0v) is 8.81. The molecule has 2 rings (SSSR count). The number of hydrogen-bond donors (Lipinski definition) is 0. The van der Waals surface area contributed by atoms with Gasteiger partial charge in [0.1, 0.15) is 0 Å². The summed E-state index contributed by atoms with van der Waals surface area (Å²) in [5.74, 6) is -0.528. The SMILES string of the molecule is Cc1cc2c(cc1C)/C(=C/[N+](=O)[O-])OC2=O. The molecule has 0 unspecified atom stereocenters. The van der Waals surface area contributed by atoms with E-state index >= 15 is 0 Å². The largest absolute Gasteiger partial charge is 0.416 e.